The van der Waals surface area contributed by atoms with Crippen LogP contribution in [-0.4, -0.2) is 63.2 Å². The molecule has 0 fully saturated rings. The topological polar surface area (TPSA) is 196 Å². The number of hydrogen-bond donors (Lipinski definition) is 6. The van der Waals surface area contributed by atoms with Crippen LogP contribution in [0.1, 0.15) is 54.9 Å². The minimum Gasteiger partial charge on any atom is -0.481 e. The molecule has 0 aromatic heterocycles. The average Bonchev–Trinajstić information content (AvgIpc) is 2.87. The van der Waals surface area contributed by atoms with E-state index in [4.69, 9.17) is 15.9 Å². The van der Waals surface area contributed by atoms with Crippen LogP contribution in [0.15, 0.2) is 48.5 Å². The SMILES string of the molecule is CC(N[C@@H](CCC(=O)O)C(N)=O)[C@H](CCC(=O)O)NC(=O)CCc1ccc(-c2cccc(C(=O)O)c2)cc1. The van der Waals surface area contributed by atoms with Gasteiger partial charge in [0.2, 0.25) is 11.8 Å². The summed E-state index contributed by atoms with van der Waals surface area (Å²) in [5.74, 6) is -4.18. The summed E-state index contributed by atoms with van der Waals surface area (Å²) in [4.78, 5) is 57.6. The molecule has 0 bridgehead atoms. The smallest absolute Gasteiger partial charge is 0.335 e. The molecule has 0 saturated carbocycles. The van der Waals surface area contributed by atoms with Gasteiger partial charge in [0.1, 0.15) is 0 Å². The third kappa shape index (κ3) is 10.0. The predicted molar refractivity (Wildman–Crippen MR) is 138 cm³/mol. The van der Waals surface area contributed by atoms with Crippen LogP contribution in [0.4, 0.5) is 0 Å². The summed E-state index contributed by atoms with van der Waals surface area (Å²) in [5.41, 5.74) is 8.04. The van der Waals surface area contributed by atoms with Crippen LogP contribution in [0.25, 0.3) is 11.1 Å². The molecule has 1 unspecified atom stereocenters. The number of aliphatic carboxylic acids is 2. The molecule has 2 rings (SSSR count). The third-order valence-corrected chi connectivity index (χ3v) is 6.11. The van der Waals surface area contributed by atoms with E-state index < -0.39 is 41.9 Å². The number of carbonyl (C=O) groups is 5. The summed E-state index contributed by atoms with van der Waals surface area (Å²) in [6.45, 7) is 1.67. The van der Waals surface area contributed by atoms with Gasteiger partial charge < -0.3 is 31.7 Å². The summed E-state index contributed by atoms with van der Waals surface area (Å²) >= 11 is 0. The summed E-state index contributed by atoms with van der Waals surface area (Å²) in [6, 6.07) is 11.8. The van der Waals surface area contributed by atoms with Gasteiger partial charge in [-0.25, -0.2) is 4.79 Å². The monoisotopic (exact) mass is 527 g/mol. The predicted octanol–water partition coefficient (Wildman–Crippen LogP) is 2.03. The summed E-state index contributed by atoms with van der Waals surface area (Å²) in [7, 11) is 0. The first-order chi connectivity index (χ1) is 18.0. The van der Waals surface area contributed by atoms with Gasteiger partial charge in [-0.2, -0.15) is 0 Å². The van der Waals surface area contributed by atoms with E-state index in [1.165, 1.54) is 6.07 Å². The lowest BCUT2D eigenvalue weighted by molar-refractivity contribution is -0.138. The summed E-state index contributed by atoms with van der Waals surface area (Å²) < 4.78 is 0. The van der Waals surface area contributed by atoms with Crippen molar-refractivity contribution in [3.8, 4) is 11.1 Å². The minimum absolute atomic E-state index is 0.0365. The van der Waals surface area contributed by atoms with Gasteiger partial charge in [-0.05, 0) is 55.0 Å². The van der Waals surface area contributed by atoms with Crippen LogP contribution in [0.5, 0.6) is 0 Å². The molecule has 0 spiro atoms. The first-order valence-corrected chi connectivity index (χ1v) is 12.2. The lowest BCUT2D eigenvalue weighted by atomic mass is 9.99. The molecule has 3 atom stereocenters. The molecule has 38 heavy (non-hydrogen) atoms. The van der Waals surface area contributed by atoms with E-state index in [9.17, 15) is 29.1 Å². The van der Waals surface area contributed by atoms with Crippen molar-refractivity contribution in [2.75, 3.05) is 0 Å². The fourth-order valence-electron chi connectivity index (χ4n) is 3.97. The fraction of sp³-hybridized carbons (Fsp3) is 0.370. The maximum atomic E-state index is 12.7. The van der Waals surface area contributed by atoms with Gasteiger partial charge in [0.25, 0.3) is 0 Å². The number of carbonyl (C=O) groups excluding carboxylic acids is 2. The number of aromatic carboxylic acids is 1. The molecule has 11 nitrogen and oxygen atoms in total. The maximum Gasteiger partial charge on any atom is 0.335 e. The highest BCUT2D eigenvalue weighted by atomic mass is 16.4. The van der Waals surface area contributed by atoms with E-state index in [-0.39, 0.29) is 43.6 Å². The van der Waals surface area contributed by atoms with E-state index in [1.807, 2.05) is 30.3 Å². The number of amides is 2. The van der Waals surface area contributed by atoms with Gasteiger partial charge in [-0.3, -0.25) is 19.2 Å². The molecule has 2 aromatic rings. The Morgan fingerprint density at radius 3 is 2.05 bits per heavy atom. The van der Waals surface area contributed by atoms with Crippen molar-refractivity contribution < 1.29 is 39.3 Å². The number of aryl methyl sites for hydroxylation is 1. The number of nitrogens with one attached hydrogen (secondary N) is 2. The molecule has 204 valence electrons. The Morgan fingerprint density at radius 1 is 0.842 bits per heavy atom. The Morgan fingerprint density at radius 2 is 1.47 bits per heavy atom. The third-order valence-electron chi connectivity index (χ3n) is 6.11. The Hall–Kier alpha value is -4.25. The molecule has 0 radical (unpaired) electrons. The second kappa shape index (κ2) is 14.5. The second-order valence-corrected chi connectivity index (χ2v) is 9.03. The second-order valence-electron chi connectivity index (χ2n) is 9.03. The van der Waals surface area contributed by atoms with Crippen molar-refractivity contribution in [1.82, 2.24) is 10.6 Å². The zero-order valence-corrected chi connectivity index (χ0v) is 21.1. The molecule has 11 heteroatoms. The van der Waals surface area contributed by atoms with Crippen molar-refractivity contribution >= 4 is 29.7 Å². The minimum atomic E-state index is -1.08. The first kappa shape index (κ1) is 30.0. The summed E-state index contributed by atoms with van der Waals surface area (Å²) in [5, 5.41) is 32.9. The van der Waals surface area contributed by atoms with Crippen molar-refractivity contribution in [2.24, 2.45) is 5.73 Å². The molecular weight excluding hydrogens is 494 g/mol. The van der Waals surface area contributed by atoms with E-state index in [0.717, 1.165) is 16.7 Å². The van der Waals surface area contributed by atoms with Gasteiger partial charge >= 0.3 is 17.9 Å². The van der Waals surface area contributed by atoms with E-state index in [1.54, 1.807) is 19.1 Å². The lowest BCUT2D eigenvalue weighted by Gasteiger charge is -2.29. The van der Waals surface area contributed by atoms with Crippen molar-refractivity contribution in [2.45, 2.75) is 63.6 Å². The van der Waals surface area contributed by atoms with Gasteiger partial charge in [0, 0.05) is 31.3 Å². The zero-order valence-electron chi connectivity index (χ0n) is 21.1. The average molecular weight is 528 g/mol. The molecule has 0 aliphatic carbocycles. The Balaban J connectivity index is 1.99. The zero-order chi connectivity index (χ0) is 28.2. The quantitative estimate of drug-likeness (QED) is 0.189. The van der Waals surface area contributed by atoms with Crippen LogP contribution in [0, 0.1) is 0 Å². The number of hydrogen-bond acceptors (Lipinski definition) is 6. The highest BCUT2D eigenvalue weighted by Crippen LogP contribution is 2.21. The Kier molecular flexibility index (Phi) is 11.4. The molecule has 7 N–H and O–H groups in total. The number of benzene rings is 2. The Bertz CT molecular complexity index is 1150. The van der Waals surface area contributed by atoms with Gasteiger partial charge in [0.15, 0.2) is 0 Å². The normalized spacial score (nSPS) is 13.2. The molecule has 0 aliphatic rings. The van der Waals surface area contributed by atoms with E-state index in [0.29, 0.717) is 6.42 Å². The molecule has 0 heterocycles. The van der Waals surface area contributed by atoms with Crippen LogP contribution in [0.2, 0.25) is 0 Å². The lowest BCUT2D eigenvalue weighted by Crippen LogP contribution is -2.54. The van der Waals surface area contributed by atoms with Gasteiger partial charge in [0.05, 0.1) is 11.6 Å². The van der Waals surface area contributed by atoms with Crippen LogP contribution in [-0.2, 0) is 25.6 Å². The van der Waals surface area contributed by atoms with Crippen molar-refractivity contribution in [1.29, 1.82) is 0 Å². The number of primary amides is 1. The largest absolute Gasteiger partial charge is 0.481 e. The molecule has 0 aliphatic heterocycles. The van der Waals surface area contributed by atoms with Crippen LogP contribution in [0.3, 0.4) is 0 Å². The molecule has 2 amide bonds. The summed E-state index contributed by atoms with van der Waals surface area (Å²) in [6.07, 6.45) is 0.121. The van der Waals surface area contributed by atoms with Gasteiger partial charge in [-0.15, -0.1) is 0 Å². The highest BCUT2D eigenvalue weighted by Gasteiger charge is 2.25. The fourth-order valence-corrected chi connectivity index (χ4v) is 3.97. The first-order valence-electron chi connectivity index (χ1n) is 12.2. The van der Waals surface area contributed by atoms with Crippen molar-refractivity contribution in [3.63, 3.8) is 0 Å². The number of rotatable bonds is 16. The molecule has 0 saturated heterocycles. The van der Waals surface area contributed by atoms with E-state index >= 15 is 0 Å². The Labute approximate surface area is 220 Å². The highest BCUT2D eigenvalue weighted by molar-refractivity contribution is 5.89. The van der Waals surface area contributed by atoms with Crippen LogP contribution >= 0.6 is 0 Å². The van der Waals surface area contributed by atoms with Crippen molar-refractivity contribution in [3.05, 3.63) is 59.7 Å². The number of carboxylic acid groups (broad SMARTS) is 3. The van der Waals surface area contributed by atoms with E-state index in [2.05, 4.69) is 10.6 Å². The van der Waals surface area contributed by atoms with Crippen LogP contribution < -0.4 is 16.4 Å². The molecule has 2 aromatic carbocycles. The maximum absolute atomic E-state index is 12.7. The number of nitrogens with two attached hydrogens (primary N) is 1. The molecular formula is C27H33N3O8. The number of carboxylic acids is 3. The van der Waals surface area contributed by atoms with Gasteiger partial charge in [-0.1, -0.05) is 36.4 Å². The standard InChI is InChI=1S/C27H33N3O8/c1-16(29-22(26(28)36)11-14-25(34)35)21(10-13-24(32)33)30-23(31)12-7-17-5-8-18(9-6-17)19-3-2-4-20(15-19)27(37)38/h2-6,8-9,15-16,21-22,29H,7,10-14H2,1H3,(H2,28,36)(H,30,31)(H,32,33)(H,34,35)(H,37,38)/t16?,21-,22-/m0/s1.